The van der Waals surface area contributed by atoms with Crippen molar-refractivity contribution >= 4 is 11.9 Å². The zero-order valence-electron chi connectivity index (χ0n) is 21.3. The van der Waals surface area contributed by atoms with Crippen molar-refractivity contribution < 1.29 is 28.5 Å². The molecular formula is C28H38O6. The number of rotatable bonds is 13. The Hall–Kier alpha value is -3.02. The van der Waals surface area contributed by atoms with E-state index in [0.717, 1.165) is 35.5 Å². The molecule has 0 unspecified atom stereocenters. The van der Waals surface area contributed by atoms with E-state index in [1.165, 1.54) is 14.2 Å². The predicted octanol–water partition coefficient (Wildman–Crippen LogP) is 6.07. The van der Waals surface area contributed by atoms with Crippen LogP contribution in [0.25, 0.3) is 11.1 Å². The fraction of sp³-hybridized carbons (Fsp3) is 0.500. The zero-order valence-corrected chi connectivity index (χ0v) is 21.3. The van der Waals surface area contributed by atoms with Crippen LogP contribution in [0.1, 0.15) is 53.4 Å². The Bertz CT molecular complexity index is 933. The Morgan fingerprint density at radius 2 is 1.26 bits per heavy atom. The molecule has 6 heteroatoms. The number of ether oxygens (including phenoxy) is 4. The highest BCUT2D eigenvalue weighted by molar-refractivity contribution is 5.76. The van der Waals surface area contributed by atoms with Gasteiger partial charge < -0.3 is 18.9 Å². The molecule has 186 valence electrons. The molecule has 0 atom stereocenters. The number of methoxy groups -OCH3 is 2. The maximum absolute atomic E-state index is 11.9. The lowest BCUT2D eigenvalue weighted by Crippen LogP contribution is -2.26. The molecule has 2 aromatic carbocycles. The first-order chi connectivity index (χ1) is 16.1. The van der Waals surface area contributed by atoms with E-state index in [-0.39, 0.29) is 11.9 Å². The molecule has 0 aliphatic heterocycles. The highest BCUT2D eigenvalue weighted by Gasteiger charge is 2.28. The summed E-state index contributed by atoms with van der Waals surface area (Å²) in [4.78, 5) is 23.7. The molecule has 0 spiro atoms. The van der Waals surface area contributed by atoms with Gasteiger partial charge in [-0.3, -0.25) is 9.59 Å². The fourth-order valence-electron chi connectivity index (χ4n) is 3.73. The molecule has 0 aliphatic carbocycles. The summed E-state index contributed by atoms with van der Waals surface area (Å²) < 4.78 is 21.8. The van der Waals surface area contributed by atoms with E-state index < -0.39 is 10.8 Å². The number of esters is 2. The lowest BCUT2D eigenvalue weighted by Gasteiger charge is -2.22. The molecule has 0 radical (unpaired) electrons. The van der Waals surface area contributed by atoms with Crippen molar-refractivity contribution in [2.75, 3.05) is 27.4 Å². The quantitative estimate of drug-likeness (QED) is 0.261. The first-order valence-corrected chi connectivity index (χ1v) is 11.7. The van der Waals surface area contributed by atoms with Gasteiger partial charge in [0.15, 0.2) is 0 Å². The normalized spacial score (nSPS) is 11.6. The summed E-state index contributed by atoms with van der Waals surface area (Å²) in [7, 11) is 2.83. The molecule has 2 aromatic rings. The lowest BCUT2D eigenvalue weighted by atomic mass is 9.88. The molecular weight excluding hydrogens is 432 g/mol. The van der Waals surface area contributed by atoms with Crippen molar-refractivity contribution in [2.45, 2.75) is 53.4 Å². The third-order valence-electron chi connectivity index (χ3n) is 5.93. The maximum atomic E-state index is 11.9. The van der Waals surface area contributed by atoms with E-state index in [1.807, 2.05) is 76.2 Å². The van der Waals surface area contributed by atoms with Gasteiger partial charge in [-0.05, 0) is 77.1 Å². The largest absolute Gasteiger partial charge is 0.494 e. The van der Waals surface area contributed by atoms with Crippen LogP contribution in [0.2, 0.25) is 0 Å². The van der Waals surface area contributed by atoms with E-state index in [4.69, 9.17) is 18.9 Å². The molecule has 0 aliphatic rings. The van der Waals surface area contributed by atoms with Crippen molar-refractivity contribution in [2.24, 2.45) is 10.8 Å². The van der Waals surface area contributed by atoms with Crippen molar-refractivity contribution in [3.05, 3.63) is 48.5 Å². The summed E-state index contributed by atoms with van der Waals surface area (Å²) in [5.74, 6) is 1.08. The minimum atomic E-state index is -0.541. The Kier molecular flexibility index (Phi) is 9.97. The van der Waals surface area contributed by atoms with Crippen molar-refractivity contribution in [1.82, 2.24) is 0 Å². The van der Waals surface area contributed by atoms with Crippen LogP contribution in [0.4, 0.5) is 0 Å². The van der Waals surface area contributed by atoms with Crippen molar-refractivity contribution in [3.8, 4) is 22.6 Å². The van der Waals surface area contributed by atoms with Gasteiger partial charge in [-0.1, -0.05) is 30.3 Å². The van der Waals surface area contributed by atoms with Gasteiger partial charge in [0.25, 0.3) is 0 Å². The second-order valence-corrected chi connectivity index (χ2v) is 9.68. The Morgan fingerprint density at radius 1 is 0.735 bits per heavy atom. The van der Waals surface area contributed by atoms with Crippen LogP contribution in [0.15, 0.2) is 48.5 Å². The number of benzene rings is 2. The molecule has 0 bridgehead atoms. The Morgan fingerprint density at radius 3 is 1.79 bits per heavy atom. The molecule has 0 fully saturated rings. The van der Waals surface area contributed by atoms with Gasteiger partial charge in [0, 0.05) is 5.56 Å². The topological polar surface area (TPSA) is 71.1 Å². The first kappa shape index (κ1) is 27.2. The zero-order chi connectivity index (χ0) is 25.2. The molecule has 2 rings (SSSR count). The summed E-state index contributed by atoms with van der Waals surface area (Å²) >= 11 is 0. The van der Waals surface area contributed by atoms with Crippen LogP contribution in [0.5, 0.6) is 11.5 Å². The SMILES string of the molecule is COC(=O)C(C)(C)CCCOc1ccc(OCCCC(C)(C)C(=O)OC)c(-c2ccccc2)c1. The van der Waals surface area contributed by atoms with Gasteiger partial charge in [-0.25, -0.2) is 0 Å². The smallest absolute Gasteiger partial charge is 0.311 e. The number of hydrogen-bond donors (Lipinski definition) is 0. The highest BCUT2D eigenvalue weighted by atomic mass is 16.5. The molecule has 0 aromatic heterocycles. The van der Waals surface area contributed by atoms with Crippen LogP contribution < -0.4 is 9.47 Å². The van der Waals surface area contributed by atoms with E-state index in [9.17, 15) is 9.59 Å². The van der Waals surface area contributed by atoms with Crippen LogP contribution >= 0.6 is 0 Å². The van der Waals surface area contributed by atoms with Gasteiger partial charge in [-0.15, -0.1) is 0 Å². The number of hydrogen-bond acceptors (Lipinski definition) is 6. The van der Waals surface area contributed by atoms with Gasteiger partial charge in [0.1, 0.15) is 11.5 Å². The average molecular weight is 471 g/mol. The number of carbonyl (C=O) groups excluding carboxylic acids is 2. The minimum absolute atomic E-state index is 0.213. The summed E-state index contributed by atoms with van der Waals surface area (Å²) in [5, 5.41) is 0. The lowest BCUT2D eigenvalue weighted by molar-refractivity contribution is -0.152. The van der Waals surface area contributed by atoms with E-state index >= 15 is 0 Å². The standard InChI is InChI=1S/C28H38O6/c1-27(2,25(29)31-5)16-10-18-33-22-14-15-24(23(20-22)21-12-8-7-9-13-21)34-19-11-17-28(3,4)26(30)32-6/h7-9,12-15,20H,10-11,16-19H2,1-6H3. The van der Waals surface area contributed by atoms with Crippen LogP contribution in [-0.4, -0.2) is 39.4 Å². The summed E-state index contributed by atoms with van der Waals surface area (Å²) in [6.45, 7) is 8.51. The maximum Gasteiger partial charge on any atom is 0.311 e. The van der Waals surface area contributed by atoms with Gasteiger partial charge in [0.2, 0.25) is 0 Å². The monoisotopic (exact) mass is 470 g/mol. The van der Waals surface area contributed by atoms with Crippen LogP contribution in [0, 0.1) is 10.8 Å². The van der Waals surface area contributed by atoms with E-state index in [1.54, 1.807) is 0 Å². The van der Waals surface area contributed by atoms with Gasteiger partial charge in [0.05, 0.1) is 38.3 Å². The van der Waals surface area contributed by atoms with Gasteiger partial charge in [-0.2, -0.15) is 0 Å². The van der Waals surface area contributed by atoms with E-state index in [2.05, 4.69) is 0 Å². The Labute approximate surface area is 203 Å². The first-order valence-electron chi connectivity index (χ1n) is 11.7. The third kappa shape index (κ3) is 7.79. The highest BCUT2D eigenvalue weighted by Crippen LogP contribution is 2.34. The summed E-state index contributed by atoms with van der Waals surface area (Å²) in [6.07, 6.45) is 2.80. The molecule has 0 saturated heterocycles. The average Bonchev–Trinajstić information content (AvgIpc) is 2.84. The fourth-order valence-corrected chi connectivity index (χ4v) is 3.73. The molecule has 0 amide bonds. The van der Waals surface area contributed by atoms with Gasteiger partial charge >= 0.3 is 11.9 Å². The number of carbonyl (C=O) groups is 2. The molecule has 0 saturated carbocycles. The summed E-state index contributed by atoms with van der Waals surface area (Å²) in [6, 6.07) is 15.8. The van der Waals surface area contributed by atoms with Crippen LogP contribution in [0.3, 0.4) is 0 Å². The predicted molar refractivity (Wildman–Crippen MR) is 133 cm³/mol. The van der Waals surface area contributed by atoms with Crippen molar-refractivity contribution in [1.29, 1.82) is 0 Å². The van der Waals surface area contributed by atoms with E-state index in [0.29, 0.717) is 26.1 Å². The molecule has 0 heterocycles. The van der Waals surface area contributed by atoms with Crippen LogP contribution in [-0.2, 0) is 19.1 Å². The third-order valence-corrected chi connectivity index (χ3v) is 5.93. The second-order valence-electron chi connectivity index (χ2n) is 9.68. The molecule has 34 heavy (non-hydrogen) atoms. The van der Waals surface area contributed by atoms with Crippen molar-refractivity contribution in [3.63, 3.8) is 0 Å². The summed E-state index contributed by atoms with van der Waals surface area (Å²) in [5.41, 5.74) is 0.901. The molecule has 0 N–H and O–H groups in total. The second kappa shape index (κ2) is 12.4. The molecule has 6 nitrogen and oxygen atoms in total. The minimum Gasteiger partial charge on any atom is -0.494 e. The Balaban J connectivity index is 2.03.